The van der Waals surface area contributed by atoms with Gasteiger partial charge in [-0.2, -0.15) is 10.5 Å². The predicted molar refractivity (Wildman–Crippen MR) is 116 cm³/mol. The third-order valence-electron chi connectivity index (χ3n) is 5.72. The first-order chi connectivity index (χ1) is 14.7. The minimum atomic E-state index is 0.266. The van der Waals surface area contributed by atoms with Crippen LogP contribution < -0.4 is 5.32 Å². The van der Waals surface area contributed by atoms with E-state index in [0.29, 0.717) is 11.1 Å². The first-order valence-electron chi connectivity index (χ1n) is 10.5. The van der Waals surface area contributed by atoms with Gasteiger partial charge in [-0.15, -0.1) is 0 Å². The van der Waals surface area contributed by atoms with E-state index in [-0.39, 0.29) is 12.2 Å². The number of hydrogen-bond acceptors (Lipinski definition) is 6. The summed E-state index contributed by atoms with van der Waals surface area (Å²) < 4.78 is 6.19. The molecule has 0 radical (unpaired) electrons. The van der Waals surface area contributed by atoms with E-state index in [1.54, 1.807) is 0 Å². The molecule has 4 rings (SSSR count). The highest BCUT2D eigenvalue weighted by Gasteiger charge is 2.34. The number of fused-ring (bicyclic) bond motifs is 2. The molecule has 2 aliphatic rings. The molecule has 0 amide bonds. The Morgan fingerprint density at radius 2 is 1.40 bits per heavy atom. The lowest BCUT2D eigenvalue weighted by Crippen LogP contribution is -2.59. The van der Waals surface area contributed by atoms with Crippen molar-refractivity contribution in [2.45, 2.75) is 25.2 Å². The van der Waals surface area contributed by atoms with Gasteiger partial charge in [0.1, 0.15) is 0 Å². The summed E-state index contributed by atoms with van der Waals surface area (Å²) in [7, 11) is 0. The molecule has 30 heavy (non-hydrogen) atoms. The van der Waals surface area contributed by atoms with E-state index in [1.807, 2.05) is 36.4 Å². The lowest BCUT2D eigenvalue weighted by molar-refractivity contribution is -0.140. The largest absolute Gasteiger partial charge is 0.385 e. The third-order valence-corrected chi connectivity index (χ3v) is 5.72. The van der Waals surface area contributed by atoms with Crippen LogP contribution in [-0.2, 0) is 11.3 Å². The Balaban J connectivity index is 1.19. The van der Waals surface area contributed by atoms with Crippen LogP contribution >= 0.6 is 0 Å². The number of nitriles is 2. The summed E-state index contributed by atoms with van der Waals surface area (Å²) >= 11 is 0. The fraction of sp³-hybridized carbons (Fsp3) is 0.417. The molecule has 2 atom stereocenters. The maximum absolute atomic E-state index is 8.94. The van der Waals surface area contributed by atoms with Crippen molar-refractivity contribution >= 4 is 5.69 Å². The van der Waals surface area contributed by atoms with Crippen molar-refractivity contribution in [2.75, 3.05) is 44.6 Å². The molecule has 1 N–H and O–H groups in total. The summed E-state index contributed by atoms with van der Waals surface area (Å²) in [6, 6.07) is 19.8. The fourth-order valence-corrected chi connectivity index (χ4v) is 4.31. The average molecular weight is 402 g/mol. The normalized spacial score (nSPS) is 21.5. The van der Waals surface area contributed by atoms with Crippen LogP contribution in [0.15, 0.2) is 48.5 Å². The van der Waals surface area contributed by atoms with E-state index in [1.165, 1.54) is 5.56 Å². The molecule has 6 heteroatoms. The van der Waals surface area contributed by atoms with Gasteiger partial charge in [-0.3, -0.25) is 9.80 Å². The van der Waals surface area contributed by atoms with Crippen molar-refractivity contribution in [1.29, 1.82) is 10.5 Å². The van der Waals surface area contributed by atoms with Crippen molar-refractivity contribution in [3.63, 3.8) is 0 Å². The SMILES string of the molecule is N#Cc1ccc(CN2CC3CN(CCCNc4ccc(C#N)cc4)CC(C2)O3)cc1. The van der Waals surface area contributed by atoms with E-state index in [0.717, 1.165) is 57.9 Å². The van der Waals surface area contributed by atoms with Gasteiger partial charge >= 0.3 is 0 Å². The van der Waals surface area contributed by atoms with Crippen molar-refractivity contribution < 1.29 is 4.74 Å². The van der Waals surface area contributed by atoms with Gasteiger partial charge in [0.15, 0.2) is 0 Å². The lowest BCUT2D eigenvalue weighted by atomic mass is 10.1. The molecule has 2 fully saturated rings. The zero-order valence-corrected chi connectivity index (χ0v) is 17.1. The highest BCUT2D eigenvalue weighted by atomic mass is 16.5. The average Bonchev–Trinajstić information content (AvgIpc) is 2.77. The van der Waals surface area contributed by atoms with Crippen LogP contribution in [0.5, 0.6) is 0 Å². The summed E-state index contributed by atoms with van der Waals surface area (Å²) in [6.07, 6.45) is 1.61. The molecule has 0 saturated carbocycles. The number of rotatable bonds is 7. The quantitative estimate of drug-likeness (QED) is 0.719. The van der Waals surface area contributed by atoms with Crippen molar-refractivity contribution in [3.8, 4) is 12.1 Å². The second-order valence-electron chi connectivity index (χ2n) is 8.11. The number of ether oxygens (including phenoxy) is 1. The molecule has 2 heterocycles. The Kier molecular flexibility index (Phi) is 6.61. The van der Waals surface area contributed by atoms with Gasteiger partial charge in [0.2, 0.25) is 0 Å². The van der Waals surface area contributed by atoms with Crippen LogP contribution in [0, 0.1) is 22.7 Å². The van der Waals surface area contributed by atoms with Crippen LogP contribution in [-0.4, -0.2) is 61.3 Å². The first-order valence-corrected chi connectivity index (χ1v) is 10.5. The van der Waals surface area contributed by atoms with Crippen molar-refractivity contribution in [1.82, 2.24) is 9.80 Å². The van der Waals surface area contributed by atoms with Crippen LogP contribution in [0.1, 0.15) is 23.1 Å². The van der Waals surface area contributed by atoms with Gasteiger partial charge in [0.25, 0.3) is 0 Å². The summed E-state index contributed by atoms with van der Waals surface area (Å²) in [5.74, 6) is 0. The molecule has 0 aliphatic carbocycles. The van der Waals surface area contributed by atoms with Crippen LogP contribution in [0.25, 0.3) is 0 Å². The standard InChI is InChI=1S/C24H27N5O/c25-12-19-2-4-21(5-3-19)14-29-17-23-15-28(16-24(18-29)30-23)11-1-10-27-22-8-6-20(13-26)7-9-22/h2-9,23-24,27H,1,10-11,14-18H2. The van der Waals surface area contributed by atoms with Crippen LogP contribution in [0.2, 0.25) is 0 Å². The number of nitrogens with one attached hydrogen (secondary N) is 1. The highest BCUT2D eigenvalue weighted by Crippen LogP contribution is 2.21. The van der Waals surface area contributed by atoms with Crippen LogP contribution in [0.3, 0.4) is 0 Å². The molecule has 154 valence electrons. The molecule has 2 bridgehead atoms. The van der Waals surface area contributed by atoms with Crippen molar-refractivity contribution in [2.24, 2.45) is 0 Å². The molecule has 6 nitrogen and oxygen atoms in total. The Morgan fingerprint density at radius 3 is 2.00 bits per heavy atom. The number of nitrogens with zero attached hydrogens (tertiary/aromatic N) is 4. The zero-order chi connectivity index (χ0) is 20.8. The minimum absolute atomic E-state index is 0.266. The smallest absolute Gasteiger partial charge is 0.0991 e. The Hall–Kier alpha value is -2.90. The molecule has 2 saturated heterocycles. The maximum atomic E-state index is 8.94. The number of morpholine rings is 2. The molecule has 0 spiro atoms. The van der Waals surface area contributed by atoms with E-state index < -0.39 is 0 Å². The summed E-state index contributed by atoms with van der Waals surface area (Å²) in [4.78, 5) is 5.00. The lowest BCUT2D eigenvalue weighted by Gasteiger charge is -2.46. The molecule has 2 aromatic carbocycles. The van der Waals surface area contributed by atoms with Crippen molar-refractivity contribution in [3.05, 3.63) is 65.2 Å². The monoisotopic (exact) mass is 401 g/mol. The number of benzene rings is 2. The Morgan fingerprint density at radius 1 is 0.833 bits per heavy atom. The molecule has 2 unspecified atom stereocenters. The Bertz CT molecular complexity index is 899. The van der Waals surface area contributed by atoms with Gasteiger partial charge in [-0.1, -0.05) is 12.1 Å². The molecule has 2 aliphatic heterocycles. The van der Waals surface area contributed by atoms with Gasteiger partial charge in [0.05, 0.1) is 35.5 Å². The molecule has 2 aromatic rings. The molecule has 0 aromatic heterocycles. The third kappa shape index (κ3) is 5.37. The maximum Gasteiger partial charge on any atom is 0.0991 e. The van der Waals surface area contributed by atoms with Gasteiger partial charge in [-0.05, 0) is 48.4 Å². The minimum Gasteiger partial charge on any atom is -0.385 e. The first kappa shape index (κ1) is 20.4. The highest BCUT2D eigenvalue weighted by molar-refractivity contribution is 5.47. The van der Waals surface area contributed by atoms with E-state index >= 15 is 0 Å². The molecular formula is C24H27N5O. The summed E-state index contributed by atoms with van der Waals surface area (Å²) in [5, 5.41) is 21.2. The summed E-state index contributed by atoms with van der Waals surface area (Å²) in [6.45, 7) is 6.77. The van der Waals surface area contributed by atoms with Gasteiger partial charge < -0.3 is 10.1 Å². The van der Waals surface area contributed by atoms with Gasteiger partial charge in [0, 0.05) is 51.5 Å². The number of anilines is 1. The zero-order valence-electron chi connectivity index (χ0n) is 17.1. The topological polar surface area (TPSA) is 75.3 Å². The fourth-order valence-electron chi connectivity index (χ4n) is 4.31. The predicted octanol–water partition coefficient (Wildman–Crippen LogP) is 2.82. The van der Waals surface area contributed by atoms with Crippen LogP contribution in [0.4, 0.5) is 5.69 Å². The van der Waals surface area contributed by atoms with E-state index in [9.17, 15) is 0 Å². The Labute approximate surface area is 178 Å². The second-order valence-corrected chi connectivity index (χ2v) is 8.11. The van der Waals surface area contributed by atoms with E-state index in [2.05, 4.69) is 39.4 Å². The van der Waals surface area contributed by atoms with E-state index in [4.69, 9.17) is 15.3 Å². The summed E-state index contributed by atoms with van der Waals surface area (Å²) in [5.41, 5.74) is 3.71. The van der Waals surface area contributed by atoms with Gasteiger partial charge in [-0.25, -0.2) is 0 Å². The number of hydrogen-bond donors (Lipinski definition) is 1. The molecular weight excluding hydrogens is 374 g/mol. The second kappa shape index (κ2) is 9.73.